The molecule has 0 radical (unpaired) electrons. The van der Waals surface area contributed by atoms with Crippen LogP contribution in [0.3, 0.4) is 0 Å². The molecule has 0 spiro atoms. The highest BCUT2D eigenvalue weighted by molar-refractivity contribution is 6.02. The van der Waals surface area contributed by atoms with Crippen LogP contribution in [0.4, 0.5) is 10.1 Å². The number of aryl methyl sites for hydroxylation is 1. The third kappa shape index (κ3) is 4.04. The summed E-state index contributed by atoms with van der Waals surface area (Å²) in [6.45, 7) is 5.88. The van der Waals surface area contributed by atoms with Gasteiger partial charge in [-0.05, 0) is 61.9 Å². The number of hydrogen-bond acceptors (Lipinski definition) is 6. The van der Waals surface area contributed by atoms with E-state index in [2.05, 4.69) is 21.9 Å². The first-order valence-corrected chi connectivity index (χ1v) is 10.9. The number of aromatic nitrogens is 2. The van der Waals surface area contributed by atoms with E-state index >= 15 is 0 Å². The van der Waals surface area contributed by atoms with Gasteiger partial charge < -0.3 is 14.0 Å². The van der Waals surface area contributed by atoms with E-state index < -0.39 is 0 Å². The third-order valence-electron chi connectivity index (χ3n) is 5.79. The number of amidine groups is 1. The Morgan fingerprint density at radius 2 is 2.00 bits per heavy atom. The number of fused-ring (bicyclic) bond motifs is 1. The maximum absolute atomic E-state index is 13.5. The van der Waals surface area contributed by atoms with Crippen molar-refractivity contribution in [3.8, 4) is 11.4 Å². The molecule has 3 heterocycles. The van der Waals surface area contributed by atoms with E-state index in [1.807, 2.05) is 42.0 Å². The third-order valence-corrected chi connectivity index (χ3v) is 5.79. The van der Waals surface area contributed by atoms with E-state index in [1.54, 1.807) is 25.6 Å². The Morgan fingerprint density at radius 1 is 1.18 bits per heavy atom. The number of imidazole rings is 1. The van der Waals surface area contributed by atoms with Crippen LogP contribution in [0.5, 0.6) is 5.75 Å². The summed E-state index contributed by atoms with van der Waals surface area (Å²) in [5.74, 6) is 1.97. The normalized spacial score (nSPS) is 19.2. The van der Waals surface area contributed by atoms with E-state index in [4.69, 9.17) is 14.5 Å². The van der Waals surface area contributed by atoms with E-state index in [1.165, 1.54) is 12.1 Å². The van der Waals surface area contributed by atoms with Crippen molar-refractivity contribution in [2.75, 3.05) is 31.8 Å². The molecule has 2 aliphatic rings. The maximum Gasteiger partial charge on any atom is 0.185 e. The zero-order valence-electron chi connectivity index (χ0n) is 18.9. The second-order valence-electron chi connectivity index (χ2n) is 8.17. The van der Waals surface area contributed by atoms with Gasteiger partial charge in [-0.3, -0.25) is 15.0 Å². The molecule has 5 rings (SSSR count). The lowest BCUT2D eigenvalue weighted by atomic mass is 10.1. The Morgan fingerprint density at radius 3 is 2.73 bits per heavy atom. The Labute approximate surface area is 192 Å². The molecule has 8 heteroatoms. The van der Waals surface area contributed by atoms with Gasteiger partial charge in [0.15, 0.2) is 11.6 Å². The van der Waals surface area contributed by atoms with Crippen molar-refractivity contribution in [3.63, 3.8) is 0 Å². The second-order valence-corrected chi connectivity index (χ2v) is 8.17. The molecule has 0 amide bonds. The van der Waals surface area contributed by atoms with Crippen molar-refractivity contribution in [2.24, 2.45) is 4.99 Å². The summed E-state index contributed by atoms with van der Waals surface area (Å²) in [7, 11) is 1.66. The fourth-order valence-corrected chi connectivity index (χ4v) is 4.24. The molecule has 33 heavy (non-hydrogen) atoms. The van der Waals surface area contributed by atoms with Gasteiger partial charge in [-0.25, -0.2) is 9.37 Å². The molecule has 1 fully saturated rings. The SMILES string of the molecule is COc1cc(/C=C2\OCCN3C2=NCC(C)N3c2ccc(F)cc2)ccc1-n1cnc(C)c1. The topological polar surface area (TPSA) is 55.1 Å². The molecular weight excluding hydrogens is 421 g/mol. The van der Waals surface area contributed by atoms with Crippen LogP contribution in [0.2, 0.25) is 0 Å². The minimum atomic E-state index is -0.247. The van der Waals surface area contributed by atoms with E-state index in [-0.39, 0.29) is 11.9 Å². The monoisotopic (exact) mass is 447 g/mol. The Hall–Kier alpha value is -3.81. The number of halogens is 1. The fourth-order valence-electron chi connectivity index (χ4n) is 4.24. The Kier molecular flexibility index (Phi) is 5.50. The summed E-state index contributed by atoms with van der Waals surface area (Å²) in [4.78, 5) is 9.11. The van der Waals surface area contributed by atoms with Gasteiger partial charge in [0.2, 0.25) is 0 Å². The summed E-state index contributed by atoms with van der Waals surface area (Å²) >= 11 is 0. The quantitative estimate of drug-likeness (QED) is 0.599. The van der Waals surface area contributed by atoms with Crippen molar-refractivity contribution >= 4 is 17.6 Å². The minimum Gasteiger partial charge on any atom is -0.495 e. The Bertz CT molecular complexity index is 1220. The van der Waals surface area contributed by atoms with Gasteiger partial charge >= 0.3 is 0 Å². The summed E-state index contributed by atoms with van der Waals surface area (Å²) in [6.07, 6.45) is 5.71. The van der Waals surface area contributed by atoms with Crippen LogP contribution in [-0.2, 0) is 4.74 Å². The number of hydrazine groups is 1. The number of aliphatic imine (C=N–C) groups is 1. The smallest absolute Gasteiger partial charge is 0.185 e. The van der Waals surface area contributed by atoms with Crippen molar-refractivity contribution < 1.29 is 13.9 Å². The van der Waals surface area contributed by atoms with Gasteiger partial charge in [-0.15, -0.1) is 0 Å². The molecule has 0 bridgehead atoms. The number of benzene rings is 2. The molecule has 0 N–H and O–H groups in total. The molecule has 0 aliphatic carbocycles. The van der Waals surface area contributed by atoms with Gasteiger partial charge in [0, 0.05) is 6.20 Å². The summed E-state index contributed by atoms with van der Waals surface area (Å²) in [5, 5.41) is 4.29. The van der Waals surface area contributed by atoms with Crippen LogP contribution < -0.4 is 9.75 Å². The zero-order chi connectivity index (χ0) is 22.9. The molecular formula is C25H26FN5O2. The zero-order valence-corrected chi connectivity index (χ0v) is 18.9. The van der Waals surface area contributed by atoms with Gasteiger partial charge in [0.1, 0.15) is 18.2 Å². The molecule has 1 unspecified atom stereocenters. The molecule has 1 saturated heterocycles. The fraction of sp³-hybridized carbons (Fsp3) is 0.280. The first-order valence-electron chi connectivity index (χ1n) is 10.9. The predicted octanol–water partition coefficient (Wildman–Crippen LogP) is 4.22. The van der Waals surface area contributed by atoms with Crippen LogP contribution >= 0.6 is 0 Å². The number of methoxy groups -OCH3 is 1. The van der Waals surface area contributed by atoms with Crippen LogP contribution in [0.15, 0.2) is 65.7 Å². The van der Waals surface area contributed by atoms with Gasteiger partial charge in [0.25, 0.3) is 0 Å². The van der Waals surface area contributed by atoms with Crippen molar-refractivity contribution in [2.45, 2.75) is 19.9 Å². The van der Waals surface area contributed by atoms with Crippen molar-refractivity contribution in [1.29, 1.82) is 0 Å². The standard InChI is InChI=1S/C25H26FN5O2/c1-17-15-29(16-28-17)22-9-4-19(12-23(22)32-3)13-24-25-27-14-18(2)31(30(25)10-11-33-24)21-7-5-20(26)6-8-21/h4-9,12-13,15-16,18H,10-11,14H2,1-3H3/b24-13-. The maximum atomic E-state index is 13.5. The van der Waals surface area contributed by atoms with E-state index in [9.17, 15) is 4.39 Å². The summed E-state index contributed by atoms with van der Waals surface area (Å²) in [5.41, 5.74) is 3.73. The van der Waals surface area contributed by atoms with Crippen LogP contribution in [0.25, 0.3) is 11.8 Å². The number of anilines is 1. The largest absolute Gasteiger partial charge is 0.495 e. The van der Waals surface area contributed by atoms with Crippen molar-refractivity contribution in [3.05, 3.63) is 77.8 Å². The lowest BCUT2D eigenvalue weighted by Gasteiger charge is -2.47. The predicted molar refractivity (Wildman–Crippen MR) is 126 cm³/mol. The summed E-state index contributed by atoms with van der Waals surface area (Å²) in [6, 6.07) is 12.7. The average molecular weight is 448 g/mol. The van der Waals surface area contributed by atoms with E-state index in [0.717, 1.165) is 34.2 Å². The number of ether oxygens (including phenoxy) is 2. The molecule has 0 saturated carbocycles. The highest BCUT2D eigenvalue weighted by atomic mass is 19.1. The number of morpholine rings is 1. The van der Waals surface area contributed by atoms with Crippen LogP contribution in [0, 0.1) is 12.7 Å². The van der Waals surface area contributed by atoms with Gasteiger partial charge in [-0.2, -0.15) is 0 Å². The molecule has 7 nitrogen and oxygen atoms in total. The van der Waals surface area contributed by atoms with Crippen LogP contribution in [0.1, 0.15) is 18.2 Å². The lowest BCUT2D eigenvalue weighted by Crippen LogP contribution is -2.58. The summed E-state index contributed by atoms with van der Waals surface area (Å²) < 4.78 is 27.1. The molecule has 2 aliphatic heterocycles. The molecule has 2 aromatic carbocycles. The number of rotatable bonds is 4. The van der Waals surface area contributed by atoms with Crippen LogP contribution in [-0.4, -0.2) is 53.2 Å². The highest BCUT2D eigenvalue weighted by Crippen LogP contribution is 2.30. The number of hydrogen-bond donors (Lipinski definition) is 0. The lowest BCUT2D eigenvalue weighted by molar-refractivity contribution is 0.153. The molecule has 170 valence electrons. The molecule has 3 aromatic rings. The number of nitrogens with zero attached hydrogens (tertiary/aromatic N) is 5. The molecule has 1 atom stereocenters. The first kappa shape index (κ1) is 21.1. The first-order chi connectivity index (χ1) is 16.0. The van der Waals surface area contributed by atoms with Gasteiger partial charge in [-0.1, -0.05) is 6.07 Å². The Balaban J connectivity index is 1.47. The second kappa shape index (κ2) is 8.61. The molecule has 1 aromatic heterocycles. The highest BCUT2D eigenvalue weighted by Gasteiger charge is 2.34. The van der Waals surface area contributed by atoms with E-state index in [0.29, 0.717) is 25.5 Å². The minimum absolute atomic E-state index is 0.150. The van der Waals surface area contributed by atoms with Gasteiger partial charge in [0.05, 0.1) is 49.6 Å². The van der Waals surface area contributed by atoms with Crippen molar-refractivity contribution in [1.82, 2.24) is 14.6 Å². The average Bonchev–Trinajstić information content (AvgIpc) is 3.26.